The molecule has 11 heteroatoms. The Bertz CT molecular complexity index is 510. The van der Waals surface area contributed by atoms with Crippen molar-refractivity contribution in [2.75, 3.05) is 12.3 Å². The first kappa shape index (κ1) is 22.0. The third kappa shape index (κ3) is 9.20. The molecule has 0 aliphatic rings. The Balaban J connectivity index is 4.76. The van der Waals surface area contributed by atoms with Gasteiger partial charge in [0.2, 0.25) is 11.8 Å². The molecule has 0 bridgehead atoms. The third-order valence-electron chi connectivity index (χ3n) is 2.92. The molecule has 2 amide bonds. The number of carboxylic acids is 2. The average Bonchev–Trinajstić information content (AvgIpc) is 2.48. The number of nitrogens with one attached hydrogen (secondary N) is 2. The van der Waals surface area contributed by atoms with Crippen molar-refractivity contribution >= 4 is 34.6 Å². The second-order valence-electron chi connectivity index (χ2n) is 5.31. The molecule has 0 rings (SSSR count). The number of hydrogen-bond acceptors (Lipinski definition) is 6. The van der Waals surface area contributed by atoms with E-state index in [2.05, 4.69) is 10.6 Å². The van der Waals surface area contributed by atoms with Crippen LogP contribution in [0.15, 0.2) is 0 Å². The van der Waals surface area contributed by atoms with Gasteiger partial charge in [-0.05, 0) is 6.42 Å². The van der Waals surface area contributed by atoms with Crippen LogP contribution < -0.4 is 16.4 Å². The Morgan fingerprint density at radius 1 is 1.17 bits per heavy atom. The largest absolute Gasteiger partial charge is 0.480 e. The zero-order valence-electron chi connectivity index (χ0n) is 13.5. The van der Waals surface area contributed by atoms with Crippen LogP contribution in [0.5, 0.6) is 0 Å². The molecule has 0 radical (unpaired) electrons. The molecule has 0 saturated carbocycles. The van der Waals surface area contributed by atoms with E-state index >= 15 is 0 Å². The first-order chi connectivity index (χ1) is 11.0. The Hall–Kier alpha value is -2.01. The number of aliphatic carboxylic acids is 2. The summed E-state index contributed by atoms with van der Waals surface area (Å²) >= 11 is 0. The van der Waals surface area contributed by atoms with Crippen molar-refractivity contribution in [1.82, 2.24) is 10.6 Å². The maximum absolute atomic E-state index is 11.9. The van der Waals surface area contributed by atoms with Crippen LogP contribution in [0.3, 0.4) is 0 Å². The Morgan fingerprint density at radius 2 is 1.75 bits per heavy atom. The molecular weight excluding hydrogens is 342 g/mol. The lowest BCUT2D eigenvalue weighted by molar-refractivity contribution is -0.139. The lowest BCUT2D eigenvalue weighted by atomic mass is 10.1. The van der Waals surface area contributed by atoms with Gasteiger partial charge in [0.15, 0.2) is 0 Å². The molecule has 3 unspecified atom stereocenters. The zero-order valence-corrected chi connectivity index (χ0v) is 14.3. The Labute approximate surface area is 141 Å². The smallest absolute Gasteiger partial charge is 0.322 e. The van der Waals surface area contributed by atoms with E-state index < -0.39 is 53.2 Å². The van der Waals surface area contributed by atoms with Gasteiger partial charge >= 0.3 is 11.9 Å². The SMILES string of the molecule is CC(C)S(=O)CC(NC(=O)CCC(N)C(=O)O)C(=O)NCC(=O)O. The highest BCUT2D eigenvalue weighted by Gasteiger charge is 2.25. The van der Waals surface area contributed by atoms with Gasteiger partial charge in [-0.15, -0.1) is 0 Å². The molecule has 0 aromatic rings. The van der Waals surface area contributed by atoms with Gasteiger partial charge in [-0.25, -0.2) is 0 Å². The normalized spacial score (nSPS) is 14.5. The van der Waals surface area contributed by atoms with Crippen molar-refractivity contribution in [2.45, 2.75) is 44.0 Å². The maximum atomic E-state index is 11.9. The van der Waals surface area contributed by atoms with Gasteiger partial charge in [0, 0.05) is 22.5 Å². The molecule has 0 heterocycles. The van der Waals surface area contributed by atoms with E-state index in [-0.39, 0.29) is 23.8 Å². The van der Waals surface area contributed by atoms with Gasteiger partial charge < -0.3 is 26.6 Å². The fourth-order valence-corrected chi connectivity index (χ4v) is 2.45. The van der Waals surface area contributed by atoms with Crippen LogP contribution in [-0.4, -0.2) is 67.8 Å². The number of amides is 2. The van der Waals surface area contributed by atoms with Crippen molar-refractivity contribution in [3.05, 3.63) is 0 Å². The van der Waals surface area contributed by atoms with Crippen LogP contribution in [0.1, 0.15) is 26.7 Å². The van der Waals surface area contributed by atoms with Crippen molar-refractivity contribution in [2.24, 2.45) is 5.73 Å². The molecule has 0 aliphatic carbocycles. The number of carbonyl (C=O) groups is 4. The Morgan fingerprint density at radius 3 is 2.21 bits per heavy atom. The zero-order chi connectivity index (χ0) is 18.9. The minimum atomic E-state index is -1.41. The number of rotatable bonds is 11. The maximum Gasteiger partial charge on any atom is 0.322 e. The lowest BCUT2D eigenvalue weighted by Gasteiger charge is -2.19. The van der Waals surface area contributed by atoms with E-state index in [4.69, 9.17) is 15.9 Å². The highest BCUT2D eigenvalue weighted by atomic mass is 32.2. The van der Waals surface area contributed by atoms with E-state index in [1.165, 1.54) is 0 Å². The minimum absolute atomic E-state index is 0.127. The second kappa shape index (κ2) is 10.7. The van der Waals surface area contributed by atoms with Crippen LogP contribution in [0.4, 0.5) is 0 Å². The van der Waals surface area contributed by atoms with E-state index in [1.807, 2.05) is 0 Å². The standard InChI is InChI=1S/C13H23N3O7S/c1-7(2)24(23)6-9(12(20)15-5-11(18)19)16-10(17)4-3-8(14)13(21)22/h7-9H,3-6,14H2,1-2H3,(H,15,20)(H,16,17)(H,18,19)(H,21,22). The summed E-state index contributed by atoms with van der Waals surface area (Å²) in [6.45, 7) is 2.72. The predicted molar refractivity (Wildman–Crippen MR) is 85.6 cm³/mol. The molecule has 10 nitrogen and oxygen atoms in total. The number of carboxylic acid groups (broad SMARTS) is 2. The second-order valence-corrected chi connectivity index (χ2v) is 7.35. The monoisotopic (exact) mass is 365 g/mol. The number of carbonyl (C=O) groups excluding carboxylic acids is 2. The van der Waals surface area contributed by atoms with Crippen LogP contribution in [0, 0.1) is 0 Å². The molecule has 138 valence electrons. The highest BCUT2D eigenvalue weighted by Crippen LogP contribution is 2.01. The highest BCUT2D eigenvalue weighted by molar-refractivity contribution is 7.85. The van der Waals surface area contributed by atoms with E-state index in [0.29, 0.717) is 0 Å². The molecule has 0 saturated heterocycles. The van der Waals surface area contributed by atoms with Crippen LogP contribution in [0.2, 0.25) is 0 Å². The predicted octanol–water partition coefficient (Wildman–Crippen LogP) is -1.98. The van der Waals surface area contributed by atoms with Crippen LogP contribution in [-0.2, 0) is 30.0 Å². The first-order valence-corrected chi connectivity index (χ1v) is 8.57. The number of nitrogens with two attached hydrogens (primary N) is 1. The summed E-state index contributed by atoms with van der Waals surface area (Å²) in [6, 6.07) is -2.39. The van der Waals surface area contributed by atoms with E-state index in [1.54, 1.807) is 13.8 Å². The van der Waals surface area contributed by atoms with Gasteiger partial charge in [-0.3, -0.25) is 23.4 Å². The topological polar surface area (TPSA) is 176 Å². The molecule has 0 aliphatic heterocycles. The third-order valence-corrected chi connectivity index (χ3v) is 4.64. The molecule has 24 heavy (non-hydrogen) atoms. The van der Waals surface area contributed by atoms with Gasteiger partial charge in [0.25, 0.3) is 0 Å². The number of hydrogen-bond donors (Lipinski definition) is 5. The van der Waals surface area contributed by atoms with Gasteiger partial charge in [-0.2, -0.15) is 0 Å². The summed E-state index contributed by atoms with van der Waals surface area (Å²) in [5.41, 5.74) is 5.28. The average molecular weight is 365 g/mol. The van der Waals surface area contributed by atoms with Gasteiger partial charge in [-0.1, -0.05) is 13.8 Å². The van der Waals surface area contributed by atoms with Crippen molar-refractivity contribution in [3.63, 3.8) is 0 Å². The summed E-state index contributed by atoms with van der Waals surface area (Å²) in [7, 11) is -1.41. The molecule has 0 aromatic heterocycles. The Kier molecular flexibility index (Phi) is 9.81. The molecule has 3 atom stereocenters. The molecular formula is C13H23N3O7S. The van der Waals surface area contributed by atoms with E-state index in [0.717, 1.165) is 0 Å². The minimum Gasteiger partial charge on any atom is -0.480 e. The van der Waals surface area contributed by atoms with Crippen molar-refractivity contribution in [3.8, 4) is 0 Å². The lowest BCUT2D eigenvalue weighted by Crippen LogP contribution is -2.51. The van der Waals surface area contributed by atoms with Crippen molar-refractivity contribution < 1.29 is 33.6 Å². The summed E-state index contributed by atoms with van der Waals surface area (Å²) in [5.74, 6) is -4.10. The summed E-state index contributed by atoms with van der Waals surface area (Å²) in [5, 5.41) is 21.4. The summed E-state index contributed by atoms with van der Waals surface area (Å²) in [4.78, 5) is 44.8. The summed E-state index contributed by atoms with van der Waals surface area (Å²) < 4.78 is 11.9. The first-order valence-electron chi connectivity index (χ1n) is 7.19. The fourth-order valence-electron chi connectivity index (χ4n) is 1.50. The van der Waals surface area contributed by atoms with E-state index in [9.17, 15) is 23.4 Å². The quantitative estimate of drug-likeness (QED) is 0.280. The van der Waals surface area contributed by atoms with Crippen molar-refractivity contribution in [1.29, 1.82) is 0 Å². The van der Waals surface area contributed by atoms with Crippen LogP contribution in [0.25, 0.3) is 0 Å². The van der Waals surface area contributed by atoms with Gasteiger partial charge in [0.1, 0.15) is 18.6 Å². The molecule has 0 fully saturated rings. The fraction of sp³-hybridized carbons (Fsp3) is 0.692. The van der Waals surface area contributed by atoms with Crippen LogP contribution >= 0.6 is 0 Å². The molecule has 0 spiro atoms. The van der Waals surface area contributed by atoms with Gasteiger partial charge in [0.05, 0.1) is 5.75 Å². The summed E-state index contributed by atoms with van der Waals surface area (Å²) in [6.07, 6.45) is -0.359. The molecule has 0 aromatic carbocycles. The molecule has 6 N–H and O–H groups in total.